The number of nitriles is 1. The molecule has 172 valence electrons. The highest BCUT2D eigenvalue weighted by molar-refractivity contribution is 7.89. The van der Waals surface area contributed by atoms with E-state index in [1.54, 1.807) is 18.2 Å². The Labute approximate surface area is 193 Å². The minimum atomic E-state index is -3.32. The Morgan fingerprint density at radius 3 is 2.85 bits per heavy atom. The van der Waals surface area contributed by atoms with Crippen molar-refractivity contribution in [2.45, 2.75) is 52.2 Å². The summed E-state index contributed by atoms with van der Waals surface area (Å²) < 4.78 is 38.5. The Morgan fingerprint density at radius 1 is 1.30 bits per heavy atom. The summed E-state index contributed by atoms with van der Waals surface area (Å²) in [6.45, 7) is 5.64. The molecule has 1 aromatic heterocycles. The first-order valence-corrected chi connectivity index (χ1v) is 12.6. The van der Waals surface area contributed by atoms with Crippen LogP contribution in [-0.4, -0.2) is 30.4 Å². The Hall–Kier alpha value is -3.22. The van der Waals surface area contributed by atoms with E-state index in [1.807, 2.05) is 39.0 Å². The lowest BCUT2D eigenvalue weighted by atomic mass is 10.0. The van der Waals surface area contributed by atoms with Gasteiger partial charge in [0, 0.05) is 17.2 Å². The fourth-order valence-electron chi connectivity index (χ4n) is 4.09. The molecule has 0 amide bonds. The van der Waals surface area contributed by atoms with Crippen molar-refractivity contribution in [2.24, 2.45) is 0 Å². The average Bonchev–Trinajstić information content (AvgIpc) is 3.41. The third kappa shape index (κ3) is 4.92. The summed E-state index contributed by atoms with van der Waals surface area (Å²) in [5, 5.41) is 13.6. The number of benzene rings is 2. The van der Waals surface area contributed by atoms with Gasteiger partial charge in [-0.2, -0.15) is 10.2 Å². The molecular weight excluding hydrogens is 440 g/mol. The van der Waals surface area contributed by atoms with Crippen LogP contribution in [0.3, 0.4) is 0 Å². The molecule has 0 saturated heterocycles. The summed E-state index contributed by atoms with van der Waals surface area (Å²) in [7, 11) is -3.32. The van der Waals surface area contributed by atoms with Gasteiger partial charge in [0.15, 0.2) is 0 Å². The van der Waals surface area contributed by atoms with Crippen molar-refractivity contribution in [2.75, 3.05) is 5.75 Å². The topological polar surface area (TPSA) is 118 Å². The summed E-state index contributed by atoms with van der Waals surface area (Å²) in [4.78, 5) is 4.56. The normalized spacial score (nSPS) is 15.4. The smallest absolute Gasteiger partial charge is 0.258 e. The van der Waals surface area contributed by atoms with E-state index in [2.05, 4.69) is 20.9 Å². The molecule has 8 nitrogen and oxygen atoms in total. The highest BCUT2D eigenvalue weighted by atomic mass is 32.2. The summed E-state index contributed by atoms with van der Waals surface area (Å²) in [5.74, 6) is 1.35. The van der Waals surface area contributed by atoms with Crippen LogP contribution < -0.4 is 9.46 Å². The first-order chi connectivity index (χ1) is 15.8. The minimum Gasteiger partial charge on any atom is -0.490 e. The van der Waals surface area contributed by atoms with E-state index in [0.29, 0.717) is 47.9 Å². The van der Waals surface area contributed by atoms with Gasteiger partial charge in [-0.1, -0.05) is 30.3 Å². The zero-order valence-electron chi connectivity index (χ0n) is 18.8. The van der Waals surface area contributed by atoms with Crippen LogP contribution in [0.15, 0.2) is 40.9 Å². The summed E-state index contributed by atoms with van der Waals surface area (Å²) in [5.41, 5.74) is 3.80. The third-order valence-electron chi connectivity index (χ3n) is 5.44. The van der Waals surface area contributed by atoms with Crippen LogP contribution in [0.1, 0.15) is 56.3 Å². The molecule has 0 radical (unpaired) electrons. The molecule has 1 atom stereocenters. The van der Waals surface area contributed by atoms with Crippen molar-refractivity contribution in [3.63, 3.8) is 0 Å². The molecular formula is C24H26N4O4S. The number of hydrogen-bond donors (Lipinski definition) is 1. The van der Waals surface area contributed by atoms with E-state index in [0.717, 1.165) is 16.7 Å². The lowest BCUT2D eigenvalue weighted by molar-refractivity contribution is 0.241. The van der Waals surface area contributed by atoms with Gasteiger partial charge in [-0.25, -0.2) is 13.1 Å². The fourth-order valence-corrected chi connectivity index (χ4v) is 5.42. The molecule has 1 N–H and O–H groups in total. The van der Waals surface area contributed by atoms with Crippen LogP contribution in [0.25, 0.3) is 22.8 Å². The Kier molecular flexibility index (Phi) is 6.49. The number of nitrogens with one attached hydrogen (secondary N) is 1. The summed E-state index contributed by atoms with van der Waals surface area (Å²) in [6.07, 6.45) is 1.92. The van der Waals surface area contributed by atoms with Crippen LogP contribution in [0.2, 0.25) is 0 Å². The Morgan fingerprint density at radius 2 is 2.12 bits per heavy atom. The predicted molar refractivity (Wildman–Crippen MR) is 124 cm³/mol. The molecule has 0 aliphatic heterocycles. The summed E-state index contributed by atoms with van der Waals surface area (Å²) in [6, 6.07) is 12.8. The van der Waals surface area contributed by atoms with Gasteiger partial charge in [-0.3, -0.25) is 0 Å². The second-order valence-corrected chi connectivity index (χ2v) is 10.2. The molecule has 3 aromatic rings. The van der Waals surface area contributed by atoms with Gasteiger partial charge in [-0.15, -0.1) is 0 Å². The van der Waals surface area contributed by atoms with E-state index in [9.17, 15) is 13.7 Å². The molecule has 9 heteroatoms. The molecule has 0 fully saturated rings. The molecule has 4 rings (SSSR count). The quantitative estimate of drug-likeness (QED) is 0.523. The number of ether oxygens (including phenoxy) is 1. The number of rotatable bonds is 8. The standard InChI is InChI=1S/C24H26N4O4S/c1-4-12-33(29,30)28-21-10-9-18-19(21)6-5-7-20(18)23-26-24(32-27-23)16-8-11-22(31-15(2)3)17(13-16)14-25/h5-8,11,13,15,21,28H,4,9-10,12H2,1-3H3/t21-/m0/s1. The maximum absolute atomic E-state index is 12.3. The minimum absolute atomic E-state index is 0.0478. The first-order valence-electron chi connectivity index (χ1n) is 11.0. The largest absolute Gasteiger partial charge is 0.490 e. The van der Waals surface area contributed by atoms with E-state index in [1.165, 1.54) is 0 Å². The van der Waals surface area contributed by atoms with Gasteiger partial charge in [0.05, 0.1) is 17.4 Å². The van der Waals surface area contributed by atoms with Crippen LogP contribution in [-0.2, 0) is 16.4 Å². The molecule has 0 bridgehead atoms. The van der Waals surface area contributed by atoms with Crippen molar-refractivity contribution in [3.05, 3.63) is 53.1 Å². The van der Waals surface area contributed by atoms with Crippen molar-refractivity contribution in [3.8, 4) is 34.7 Å². The van der Waals surface area contributed by atoms with Crippen LogP contribution in [0.4, 0.5) is 0 Å². The van der Waals surface area contributed by atoms with Crippen molar-refractivity contribution in [1.29, 1.82) is 5.26 Å². The predicted octanol–water partition coefficient (Wildman–Crippen LogP) is 4.38. The lowest BCUT2D eigenvalue weighted by Crippen LogP contribution is -2.29. The zero-order valence-corrected chi connectivity index (χ0v) is 19.6. The van der Waals surface area contributed by atoms with E-state index in [4.69, 9.17) is 9.26 Å². The van der Waals surface area contributed by atoms with Crippen LogP contribution in [0, 0.1) is 11.3 Å². The Balaban J connectivity index is 1.63. The fraction of sp³-hybridized carbons (Fsp3) is 0.375. The van der Waals surface area contributed by atoms with E-state index >= 15 is 0 Å². The van der Waals surface area contributed by atoms with Gasteiger partial charge in [0.25, 0.3) is 5.89 Å². The van der Waals surface area contributed by atoms with Crippen LogP contribution >= 0.6 is 0 Å². The molecule has 1 heterocycles. The molecule has 0 unspecified atom stereocenters. The highest BCUT2D eigenvalue weighted by Gasteiger charge is 2.29. The van der Waals surface area contributed by atoms with Crippen molar-refractivity contribution in [1.82, 2.24) is 14.9 Å². The maximum Gasteiger partial charge on any atom is 0.258 e. The van der Waals surface area contributed by atoms with Gasteiger partial charge in [-0.05, 0) is 62.4 Å². The SMILES string of the molecule is CCCS(=O)(=O)N[C@H]1CCc2c(-c3noc(-c4ccc(OC(C)C)c(C#N)c4)n3)cccc21. The molecule has 1 aliphatic carbocycles. The maximum atomic E-state index is 12.3. The second kappa shape index (κ2) is 9.33. The number of nitrogens with zero attached hydrogens (tertiary/aromatic N) is 3. The number of hydrogen-bond acceptors (Lipinski definition) is 7. The molecule has 1 aliphatic rings. The molecule has 33 heavy (non-hydrogen) atoms. The van der Waals surface area contributed by atoms with Gasteiger partial charge in [0.1, 0.15) is 11.8 Å². The summed E-state index contributed by atoms with van der Waals surface area (Å²) >= 11 is 0. The van der Waals surface area contributed by atoms with E-state index < -0.39 is 10.0 Å². The average molecular weight is 467 g/mol. The van der Waals surface area contributed by atoms with Crippen LogP contribution in [0.5, 0.6) is 5.75 Å². The van der Waals surface area contributed by atoms with Crippen molar-refractivity contribution >= 4 is 10.0 Å². The van der Waals surface area contributed by atoms with Gasteiger partial charge < -0.3 is 9.26 Å². The zero-order chi connectivity index (χ0) is 23.6. The monoisotopic (exact) mass is 466 g/mol. The number of aromatic nitrogens is 2. The van der Waals surface area contributed by atoms with Gasteiger partial charge in [0.2, 0.25) is 15.8 Å². The van der Waals surface area contributed by atoms with Gasteiger partial charge >= 0.3 is 0 Å². The highest BCUT2D eigenvalue weighted by Crippen LogP contribution is 2.38. The number of fused-ring (bicyclic) bond motifs is 1. The molecule has 2 aromatic carbocycles. The van der Waals surface area contributed by atoms with E-state index in [-0.39, 0.29) is 17.9 Å². The molecule has 0 spiro atoms. The second-order valence-electron chi connectivity index (χ2n) is 8.31. The van der Waals surface area contributed by atoms with Crippen molar-refractivity contribution < 1.29 is 17.7 Å². The Bertz CT molecular complexity index is 1310. The number of sulfonamides is 1. The lowest BCUT2D eigenvalue weighted by Gasteiger charge is -2.14. The molecule has 0 saturated carbocycles. The third-order valence-corrected chi connectivity index (χ3v) is 7.03. The first kappa shape index (κ1) is 23.0.